The highest BCUT2D eigenvalue weighted by Crippen LogP contribution is 2.31. The molecule has 1 N–H and O–H groups in total. The van der Waals surface area contributed by atoms with Crippen LogP contribution in [0.4, 0.5) is 5.69 Å². The van der Waals surface area contributed by atoms with E-state index in [-0.39, 0.29) is 24.6 Å². The summed E-state index contributed by atoms with van der Waals surface area (Å²) in [5, 5.41) is 3.03. The van der Waals surface area contributed by atoms with Gasteiger partial charge >= 0.3 is 0 Å². The van der Waals surface area contributed by atoms with E-state index >= 15 is 0 Å². The summed E-state index contributed by atoms with van der Waals surface area (Å²) in [6.45, 7) is 9.05. The van der Waals surface area contributed by atoms with Crippen LogP contribution >= 0.6 is 0 Å². The largest absolute Gasteiger partial charge is 0.495 e. The van der Waals surface area contributed by atoms with Crippen molar-refractivity contribution < 1.29 is 22.7 Å². The van der Waals surface area contributed by atoms with Gasteiger partial charge < -0.3 is 15.0 Å². The molecular weight excluding hydrogens is 538 g/mol. The molecule has 0 fully saturated rings. The van der Waals surface area contributed by atoms with E-state index < -0.39 is 34.1 Å². The molecule has 41 heavy (non-hydrogen) atoms. The molecule has 0 saturated heterocycles. The quantitative estimate of drug-likeness (QED) is 0.357. The van der Waals surface area contributed by atoms with Crippen LogP contribution in [-0.2, 0) is 32.6 Å². The van der Waals surface area contributed by atoms with Crippen LogP contribution in [0.15, 0.2) is 72.8 Å². The zero-order valence-corrected chi connectivity index (χ0v) is 25.8. The van der Waals surface area contributed by atoms with Crippen molar-refractivity contribution in [1.82, 2.24) is 10.2 Å². The molecule has 0 spiro atoms. The molecule has 0 aromatic heterocycles. The van der Waals surface area contributed by atoms with Gasteiger partial charge in [-0.1, -0.05) is 60.7 Å². The second-order valence-electron chi connectivity index (χ2n) is 11.3. The number of benzene rings is 3. The lowest BCUT2D eigenvalue weighted by molar-refractivity contribution is -0.140. The summed E-state index contributed by atoms with van der Waals surface area (Å²) in [7, 11) is -2.45. The maximum absolute atomic E-state index is 14.3. The van der Waals surface area contributed by atoms with E-state index in [1.165, 1.54) is 12.0 Å². The second kappa shape index (κ2) is 13.2. The van der Waals surface area contributed by atoms with E-state index in [2.05, 4.69) is 5.32 Å². The molecule has 8 nitrogen and oxygen atoms in total. The van der Waals surface area contributed by atoms with E-state index in [9.17, 15) is 18.0 Å². The van der Waals surface area contributed by atoms with Gasteiger partial charge in [-0.05, 0) is 69.0 Å². The normalized spacial score (nSPS) is 12.4. The summed E-state index contributed by atoms with van der Waals surface area (Å²) >= 11 is 0. The van der Waals surface area contributed by atoms with E-state index in [0.29, 0.717) is 5.75 Å². The van der Waals surface area contributed by atoms with Gasteiger partial charge in [0.25, 0.3) is 0 Å². The molecule has 3 aromatic rings. The molecule has 0 radical (unpaired) electrons. The Labute approximate surface area is 244 Å². The Kier molecular flexibility index (Phi) is 10.2. The Morgan fingerprint density at radius 1 is 0.951 bits per heavy atom. The van der Waals surface area contributed by atoms with E-state index in [4.69, 9.17) is 4.74 Å². The maximum atomic E-state index is 14.3. The van der Waals surface area contributed by atoms with Crippen LogP contribution in [-0.4, -0.2) is 56.6 Å². The first kappa shape index (κ1) is 31.7. The van der Waals surface area contributed by atoms with Crippen LogP contribution in [0.2, 0.25) is 0 Å². The first-order chi connectivity index (χ1) is 19.2. The van der Waals surface area contributed by atoms with Crippen molar-refractivity contribution in [2.75, 3.05) is 24.2 Å². The third-order valence-electron chi connectivity index (χ3n) is 6.65. The second-order valence-corrected chi connectivity index (χ2v) is 13.2. The monoisotopic (exact) mass is 579 g/mol. The van der Waals surface area contributed by atoms with Crippen LogP contribution in [0.25, 0.3) is 0 Å². The maximum Gasteiger partial charge on any atom is 0.244 e. The third-order valence-corrected chi connectivity index (χ3v) is 7.78. The minimum atomic E-state index is -3.91. The molecule has 1 unspecified atom stereocenters. The van der Waals surface area contributed by atoms with Crippen molar-refractivity contribution in [2.24, 2.45) is 0 Å². The average Bonchev–Trinajstić information content (AvgIpc) is 2.89. The smallest absolute Gasteiger partial charge is 0.244 e. The molecular formula is C32H41N3O5S. The predicted molar refractivity (Wildman–Crippen MR) is 163 cm³/mol. The Morgan fingerprint density at radius 2 is 1.59 bits per heavy atom. The number of ether oxygens (including phenoxy) is 1. The van der Waals surface area contributed by atoms with Gasteiger partial charge in [-0.15, -0.1) is 0 Å². The minimum absolute atomic E-state index is 0.128. The van der Waals surface area contributed by atoms with Gasteiger partial charge in [-0.3, -0.25) is 13.9 Å². The van der Waals surface area contributed by atoms with Crippen molar-refractivity contribution in [3.05, 3.63) is 95.1 Å². The van der Waals surface area contributed by atoms with Crippen molar-refractivity contribution in [3.63, 3.8) is 0 Å². The van der Waals surface area contributed by atoms with E-state index in [1.54, 1.807) is 12.1 Å². The van der Waals surface area contributed by atoms with Crippen LogP contribution in [0.3, 0.4) is 0 Å². The number of methoxy groups -OCH3 is 1. The number of nitrogens with zero attached hydrogens (tertiary/aromatic N) is 2. The van der Waals surface area contributed by atoms with Gasteiger partial charge in [0, 0.05) is 18.5 Å². The number of aryl methyl sites for hydroxylation is 2. The number of amides is 2. The average molecular weight is 580 g/mol. The predicted octanol–water partition coefficient (Wildman–Crippen LogP) is 4.63. The topological polar surface area (TPSA) is 96.0 Å². The zero-order chi connectivity index (χ0) is 30.4. The van der Waals surface area contributed by atoms with Crippen LogP contribution < -0.4 is 14.4 Å². The van der Waals surface area contributed by atoms with Crippen LogP contribution in [0, 0.1) is 13.8 Å². The van der Waals surface area contributed by atoms with Gasteiger partial charge in [-0.2, -0.15) is 0 Å². The fourth-order valence-electron chi connectivity index (χ4n) is 4.57. The summed E-state index contributed by atoms with van der Waals surface area (Å²) in [6, 6.07) is 21.4. The number of carbonyl (C=O) groups is 2. The fourth-order valence-corrected chi connectivity index (χ4v) is 5.41. The first-order valence-corrected chi connectivity index (χ1v) is 15.4. The van der Waals surface area contributed by atoms with Gasteiger partial charge in [0.1, 0.15) is 18.3 Å². The van der Waals surface area contributed by atoms with Crippen LogP contribution in [0.5, 0.6) is 5.75 Å². The fraction of sp³-hybridized carbons (Fsp3) is 0.375. The van der Waals surface area contributed by atoms with Gasteiger partial charge in [-0.25, -0.2) is 8.42 Å². The highest BCUT2D eigenvalue weighted by atomic mass is 32.2. The molecule has 3 rings (SSSR count). The SMILES string of the molecule is COc1ccc(C)cc1N(CC(=O)N(Cc1ccccc1C)C(Cc1ccccc1)C(=O)NC(C)(C)C)S(C)(=O)=O. The van der Waals surface area contributed by atoms with Crippen LogP contribution in [0.1, 0.15) is 43.0 Å². The molecule has 2 amide bonds. The van der Waals surface area contributed by atoms with Gasteiger partial charge in [0.2, 0.25) is 21.8 Å². The highest BCUT2D eigenvalue weighted by Gasteiger charge is 2.35. The van der Waals surface area contributed by atoms with Crippen molar-refractivity contribution >= 4 is 27.5 Å². The number of nitrogens with one attached hydrogen (secondary N) is 1. The lowest BCUT2D eigenvalue weighted by atomic mass is 10.00. The van der Waals surface area contributed by atoms with Gasteiger partial charge in [0.05, 0.1) is 19.1 Å². The number of hydrogen-bond donors (Lipinski definition) is 1. The number of sulfonamides is 1. The lowest BCUT2D eigenvalue weighted by Crippen LogP contribution is -2.56. The summed E-state index contributed by atoms with van der Waals surface area (Å²) < 4.78 is 32.7. The highest BCUT2D eigenvalue weighted by molar-refractivity contribution is 7.92. The Morgan fingerprint density at radius 3 is 2.17 bits per heavy atom. The lowest BCUT2D eigenvalue weighted by Gasteiger charge is -2.35. The van der Waals surface area contributed by atoms with Gasteiger partial charge in [0.15, 0.2) is 0 Å². The molecule has 1 atom stereocenters. The first-order valence-electron chi connectivity index (χ1n) is 13.5. The summed E-state index contributed by atoms with van der Waals surface area (Å²) in [6.07, 6.45) is 1.31. The van der Waals surface area contributed by atoms with Crippen molar-refractivity contribution in [2.45, 2.75) is 59.2 Å². The standard InChI is InChI=1S/C32H41N3O5S/c1-23-17-18-29(40-6)27(19-23)35(41(7,38)39)22-30(36)34(21-26-16-12-11-13-24(26)2)28(31(37)33-32(3,4)5)20-25-14-9-8-10-15-25/h8-19,28H,20-22H2,1-7H3,(H,33,37). The number of rotatable bonds is 11. The molecule has 0 saturated carbocycles. The number of hydrogen-bond acceptors (Lipinski definition) is 5. The number of anilines is 1. The Hall–Kier alpha value is -3.85. The molecule has 220 valence electrons. The molecule has 0 heterocycles. The van der Waals surface area contributed by atoms with E-state index in [1.807, 2.05) is 95.3 Å². The molecule has 3 aromatic carbocycles. The van der Waals surface area contributed by atoms with Crippen molar-refractivity contribution in [1.29, 1.82) is 0 Å². The molecule has 0 aliphatic rings. The zero-order valence-electron chi connectivity index (χ0n) is 25.0. The summed E-state index contributed by atoms with van der Waals surface area (Å²) in [5.41, 5.74) is 3.23. The molecule has 0 aliphatic carbocycles. The Balaban J connectivity index is 2.13. The summed E-state index contributed by atoms with van der Waals surface area (Å²) in [4.78, 5) is 29.6. The molecule has 0 bridgehead atoms. The number of carbonyl (C=O) groups excluding carboxylic acids is 2. The molecule has 0 aliphatic heterocycles. The Bertz CT molecular complexity index is 1470. The molecule has 9 heteroatoms. The van der Waals surface area contributed by atoms with E-state index in [0.717, 1.165) is 32.8 Å². The van der Waals surface area contributed by atoms with Crippen molar-refractivity contribution in [3.8, 4) is 5.75 Å². The minimum Gasteiger partial charge on any atom is -0.495 e. The summed E-state index contributed by atoms with van der Waals surface area (Å²) in [5.74, 6) is -0.500. The third kappa shape index (κ3) is 8.82.